The average molecular weight is 479 g/mol. The predicted octanol–water partition coefficient (Wildman–Crippen LogP) is 3.93. The zero-order valence-electron chi connectivity index (χ0n) is 17.7. The largest absolute Gasteiger partial charge is 0.495 e. The van der Waals surface area contributed by atoms with Crippen molar-refractivity contribution in [2.75, 3.05) is 7.11 Å². The number of nitrogens with one attached hydrogen (secondary N) is 1. The highest BCUT2D eigenvalue weighted by atomic mass is 32.2. The maximum absolute atomic E-state index is 12.8. The lowest BCUT2D eigenvalue weighted by Crippen LogP contribution is -2.42. The monoisotopic (exact) mass is 479 g/mol. The Morgan fingerprint density at radius 1 is 1.27 bits per heavy atom. The van der Waals surface area contributed by atoms with Crippen LogP contribution in [0.3, 0.4) is 0 Å². The van der Waals surface area contributed by atoms with Gasteiger partial charge in [0.25, 0.3) is 0 Å². The molecule has 0 bridgehead atoms. The molecule has 174 valence electrons. The third-order valence-corrected chi connectivity index (χ3v) is 7.24. The van der Waals surface area contributed by atoms with Crippen molar-refractivity contribution < 1.29 is 26.3 Å². The summed E-state index contributed by atoms with van der Waals surface area (Å²) in [6.45, 7) is 0.719. The molecule has 3 heterocycles. The molecule has 33 heavy (non-hydrogen) atoms. The van der Waals surface area contributed by atoms with Gasteiger partial charge in [-0.1, -0.05) is 0 Å². The molecule has 0 saturated heterocycles. The van der Waals surface area contributed by atoms with Crippen LogP contribution in [0, 0.1) is 11.3 Å². The summed E-state index contributed by atoms with van der Waals surface area (Å²) in [5.41, 5.74) is 1.71. The second-order valence-corrected chi connectivity index (χ2v) is 9.51. The van der Waals surface area contributed by atoms with Gasteiger partial charge in [0.15, 0.2) is 0 Å². The predicted molar refractivity (Wildman–Crippen MR) is 113 cm³/mol. The van der Waals surface area contributed by atoms with Crippen molar-refractivity contribution in [1.82, 2.24) is 19.3 Å². The first-order valence-corrected chi connectivity index (χ1v) is 11.6. The van der Waals surface area contributed by atoms with E-state index in [9.17, 15) is 26.9 Å². The molecule has 0 unspecified atom stereocenters. The lowest BCUT2D eigenvalue weighted by molar-refractivity contribution is -0.147. The zero-order chi connectivity index (χ0) is 24.0. The SMILES string of the molecule is COc1cnc2c(c1)c(C#N)c(-c1ccc(S(=O)(=O)N[C@H](C)C(F)(F)F)cn1)n2C1CCC1. The molecule has 1 N–H and O–H groups in total. The van der Waals surface area contributed by atoms with Gasteiger partial charge in [-0.25, -0.2) is 13.4 Å². The van der Waals surface area contributed by atoms with Crippen molar-refractivity contribution in [3.8, 4) is 23.2 Å². The fourth-order valence-corrected chi connectivity index (χ4v) is 4.87. The first-order chi connectivity index (χ1) is 15.6. The maximum Gasteiger partial charge on any atom is 0.404 e. The number of alkyl halides is 3. The molecule has 1 aliphatic carbocycles. The van der Waals surface area contributed by atoms with E-state index in [-0.39, 0.29) is 6.04 Å². The van der Waals surface area contributed by atoms with Crippen LogP contribution in [0.15, 0.2) is 35.5 Å². The van der Waals surface area contributed by atoms with E-state index in [1.54, 1.807) is 17.0 Å². The first kappa shape index (κ1) is 23.0. The average Bonchev–Trinajstić information content (AvgIpc) is 3.04. The highest BCUT2D eigenvalue weighted by molar-refractivity contribution is 7.89. The second kappa shape index (κ2) is 8.31. The van der Waals surface area contributed by atoms with E-state index in [0.29, 0.717) is 33.7 Å². The number of fused-ring (bicyclic) bond motifs is 1. The first-order valence-electron chi connectivity index (χ1n) is 10.1. The Bertz CT molecular complexity index is 1340. The Balaban J connectivity index is 1.80. The van der Waals surface area contributed by atoms with Gasteiger partial charge in [-0.05, 0) is 44.4 Å². The number of halogens is 3. The molecule has 0 spiro atoms. The number of sulfonamides is 1. The summed E-state index contributed by atoms with van der Waals surface area (Å²) in [7, 11) is -2.95. The van der Waals surface area contributed by atoms with E-state index in [0.717, 1.165) is 32.4 Å². The van der Waals surface area contributed by atoms with Crippen LogP contribution in [-0.4, -0.2) is 42.3 Å². The molecular formula is C21H20F3N5O3S. The molecule has 0 aromatic carbocycles. The van der Waals surface area contributed by atoms with Crippen LogP contribution in [0.2, 0.25) is 0 Å². The second-order valence-electron chi connectivity index (χ2n) is 7.80. The minimum Gasteiger partial charge on any atom is -0.495 e. The van der Waals surface area contributed by atoms with Crippen molar-refractivity contribution in [3.05, 3.63) is 36.2 Å². The molecule has 0 amide bonds. The molecular weight excluding hydrogens is 459 g/mol. The molecule has 1 atom stereocenters. The number of aromatic nitrogens is 3. The van der Waals surface area contributed by atoms with Crippen molar-refractivity contribution in [3.63, 3.8) is 0 Å². The molecule has 1 aliphatic rings. The quantitative estimate of drug-likeness (QED) is 0.574. The van der Waals surface area contributed by atoms with Crippen LogP contribution in [0.4, 0.5) is 13.2 Å². The summed E-state index contributed by atoms with van der Waals surface area (Å²) in [5, 5.41) is 10.5. The number of hydrogen-bond donors (Lipinski definition) is 1. The fraction of sp³-hybridized carbons (Fsp3) is 0.381. The van der Waals surface area contributed by atoms with E-state index in [2.05, 4.69) is 16.0 Å². The standard InChI is InChI=1S/C21H20F3N5O3S/c1-12(21(22,23)24)28-33(30,31)15-6-7-18(26-11-15)19-17(9-25)16-8-14(32-2)10-27-20(16)29(19)13-4-3-5-13/h6-8,10-13,28H,3-5H2,1-2H3/t12-/m1/s1. The Labute approximate surface area is 188 Å². The summed E-state index contributed by atoms with van der Waals surface area (Å²) in [5.74, 6) is 0.482. The van der Waals surface area contributed by atoms with E-state index >= 15 is 0 Å². The maximum atomic E-state index is 12.8. The smallest absolute Gasteiger partial charge is 0.404 e. The van der Waals surface area contributed by atoms with Crippen LogP contribution in [-0.2, 0) is 10.0 Å². The van der Waals surface area contributed by atoms with Gasteiger partial charge in [-0.15, -0.1) is 0 Å². The highest BCUT2D eigenvalue weighted by Crippen LogP contribution is 2.42. The van der Waals surface area contributed by atoms with Gasteiger partial charge >= 0.3 is 6.18 Å². The van der Waals surface area contributed by atoms with Gasteiger partial charge in [0.05, 0.1) is 30.3 Å². The molecule has 4 rings (SSSR count). The molecule has 1 saturated carbocycles. The number of rotatable bonds is 6. The van der Waals surface area contributed by atoms with Crippen molar-refractivity contribution >= 4 is 21.1 Å². The van der Waals surface area contributed by atoms with Gasteiger partial charge in [0.2, 0.25) is 10.0 Å². The topological polar surface area (TPSA) is 110 Å². The summed E-state index contributed by atoms with van der Waals surface area (Å²) in [4.78, 5) is 8.26. The lowest BCUT2D eigenvalue weighted by Gasteiger charge is -2.29. The number of hydrogen-bond acceptors (Lipinski definition) is 6. The summed E-state index contributed by atoms with van der Waals surface area (Å²) >= 11 is 0. The third kappa shape index (κ3) is 4.14. The lowest BCUT2D eigenvalue weighted by atomic mass is 9.92. The molecule has 3 aromatic rings. The number of methoxy groups -OCH3 is 1. The fourth-order valence-electron chi connectivity index (χ4n) is 3.69. The number of pyridine rings is 2. The van der Waals surface area contributed by atoms with E-state index < -0.39 is 27.1 Å². The Morgan fingerprint density at radius 3 is 2.52 bits per heavy atom. The molecule has 8 nitrogen and oxygen atoms in total. The molecule has 1 fully saturated rings. The van der Waals surface area contributed by atoms with E-state index in [1.807, 2.05) is 4.57 Å². The van der Waals surface area contributed by atoms with Gasteiger partial charge in [-0.3, -0.25) is 4.98 Å². The Kier molecular flexibility index (Phi) is 5.79. The van der Waals surface area contributed by atoms with E-state index in [4.69, 9.17) is 4.74 Å². The van der Waals surface area contributed by atoms with Gasteiger partial charge in [0.1, 0.15) is 28.4 Å². The van der Waals surface area contributed by atoms with Crippen molar-refractivity contribution in [2.24, 2.45) is 0 Å². The minimum absolute atomic E-state index is 0.102. The number of nitrogens with zero attached hydrogens (tertiary/aromatic N) is 4. The summed E-state index contributed by atoms with van der Waals surface area (Å²) in [6, 6.07) is 4.30. The zero-order valence-corrected chi connectivity index (χ0v) is 18.5. The highest BCUT2D eigenvalue weighted by Gasteiger charge is 2.39. The molecule has 0 aliphatic heterocycles. The molecule has 3 aromatic heterocycles. The van der Waals surface area contributed by atoms with Crippen LogP contribution in [0.25, 0.3) is 22.4 Å². The van der Waals surface area contributed by atoms with Gasteiger partial charge < -0.3 is 9.30 Å². The van der Waals surface area contributed by atoms with Crippen LogP contribution in [0.1, 0.15) is 37.8 Å². The number of nitriles is 1. The van der Waals surface area contributed by atoms with E-state index in [1.165, 1.54) is 19.2 Å². The summed E-state index contributed by atoms with van der Waals surface area (Å²) < 4.78 is 71.9. The molecule has 12 heteroatoms. The van der Waals surface area contributed by atoms with Crippen molar-refractivity contribution in [2.45, 2.75) is 49.3 Å². The van der Waals surface area contributed by atoms with Crippen LogP contribution < -0.4 is 9.46 Å². The molecule has 0 radical (unpaired) electrons. The Hall–Kier alpha value is -3.17. The normalized spacial score (nSPS) is 15.8. The van der Waals surface area contributed by atoms with Gasteiger partial charge in [-0.2, -0.15) is 23.2 Å². The third-order valence-electron chi connectivity index (χ3n) is 5.72. The number of ether oxygens (including phenoxy) is 1. The van der Waals surface area contributed by atoms with Crippen LogP contribution in [0.5, 0.6) is 5.75 Å². The van der Waals surface area contributed by atoms with Gasteiger partial charge in [0, 0.05) is 17.6 Å². The minimum atomic E-state index is -4.72. The Morgan fingerprint density at radius 2 is 2.00 bits per heavy atom. The van der Waals surface area contributed by atoms with Crippen LogP contribution >= 0.6 is 0 Å². The van der Waals surface area contributed by atoms with Crippen molar-refractivity contribution in [1.29, 1.82) is 5.26 Å². The summed E-state index contributed by atoms with van der Waals surface area (Å²) in [6.07, 6.45) is 0.620.